The van der Waals surface area contributed by atoms with Crippen molar-refractivity contribution in [1.82, 2.24) is 15.2 Å². The maximum Gasteiger partial charge on any atom is 0.273 e. The molecule has 1 aromatic carbocycles. The maximum absolute atomic E-state index is 12.6. The molecule has 0 atom stereocenters. The van der Waals surface area contributed by atoms with Gasteiger partial charge in [-0.3, -0.25) is 9.59 Å². The van der Waals surface area contributed by atoms with Crippen LogP contribution in [0.3, 0.4) is 0 Å². The normalized spacial score (nSPS) is 13.5. The number of pyridine rings is 1. The first-order valence-electron chi connectivity index (χ1n) is 8.80. The predicted octanol–water partition coefficient (Wildman–Crippen LogP) is 3.60. The number of nitrogens with zero attached hydrogens (tertiary/aromatic N) is 2. The molecule has 3 rings (SSSR count). The van der Waals surface area contributed by atoms with Crippen molar-refractivity contribution in [2.24, 2.45) is 5.41 Å². The van der Waals surface area contributed by atoms with Gasteiger partial charge in [-0.2, -0.15) is 0 Å². The molecule has 7 heteroatoms. The highest BCUT2D eigenvalue weighted by molar-refractivity contribution is 6.30. The lowest BCUT2D eigenvalue weighted by atomic mass is 9.97. The fourth-order valence-electron chi connectivity index (χ4n) is 2.70. The molecule has 2 heterocycles. The molecule has 0 radical (unpaired) electrons. The van der Waals surface area contributed by atoms with Crippen LogP contribution in [0.4, 0.5) is 11.5 Å². The van der Waals surface area contributed by atoms with E-state index in [1.165, 1.54) is 4.90 Å². The van der Waals surface area contributed by atoms with Crippen molar-refractivity contribution in [3.05, 3.63) is 52.7 Å². The van der Waals surface area contributed by atoms with Gasteiger partial charge in [0.2, 0.25) is 5.91 Å². The zero-order valence-electron chi connectivity index (χ0n) is 15.7. The molecule has 2 N–H and O–H groups in total. The van der Waals surface area contributed by atoms with E-state index in [0.29, 0.717) is 29.6 Å². The van der Waals surface area contributed by atoms with Crippen LogP contribution in [0.1, 0.15) is 36.8 Å². The third-order valence-electron chi connectivity index (χ3n) is 4.10. The summed E-state index contributed by atoms with van der Waals surface area (Å²) in [6, 6.07) is 10.9. The van der Waals surface area contributed by atoms with Crippen LogP contribution in [0.5, 0.6) is 0 Å². The highest BCUT2D eigenvalue weighted by atomic mass is 35.5. The number of anilines is 2. The van der Waals surface area contributed by atoms with E-state index in [4.69, 9.17) is 11.6 Å². The van der Waals surface area contributed by atoms with Crippen LogP contribution in [0, 0.1) is 5.41 Å². The van der Waals surface area contributed by atoms with Crippen molar-refractivity contribution in [2.45, 2.75) is 27.3 Å². The Bertz CT molecular complexity index is 859. The van der Waals surface area contributed by atoms with Crippen molar-refractivity contribution < 1.29 is 9.59 Å². The first kappa shape index (κ1) is 19.2. The minimum atomic E-state index is -0.226. The molecule has 0 unspecified atom stereocenters. The van der Waals surface area contributed by atoms with Crippen molar-refractivity contribution in [1.29, 1.82) is 0 Å². The van der Waals surface area contributed by atoms with E-state index < -0.39 is 0 Å². The molecule has 0 bridgehead atoms. The van der Waals surface area contributed by atoms with E-state index in [1.54, 1.807) is 12.1 Å². The summed E-state index contributed by atoms with van der Waals surface area (Å²) in [5, 5.41) is 6.67. The highest BCUT2D eigenvalue weighted by Gasteiger charge is 2.30. The minimum Gasteiger partial charge on any atom is -0.354 e. The summed E-state index contributed by atoms with van der Waals surface area (Å²) in [5.41, 5.74) is 2.04. The van der Waals surface area contributed by atoms with E-state index in [9.17, 15) is 9.59 Å². The quantitative estimate of drug-likeness (QED) is 0.823. The molecule has 142 valence electrons. The summed E-state index contributed by atoms with van der Waals surface area (Å²) in [5.74, 6) is 0.185. The zero-order chi connectivity index (χ0) is 19.6. The predicted molar refractivity (Wildman–Crippen MR) is 106 cm³/mol. The van der Waals surface area contributed by atoms with Gasteiger partial charge < -0.3 is 15.5 Å². The largest absolute Gasteiger partial charge is 0.354 e. The second-order valence-corrected chi connectivity index (χ2v) is 8.27. The molecular weight excluding hydrogens is 364 g/mol. The first-order chi connectivity index (χ1) is 12.7. The number of aromatic nitrogens is 1. The van der Waals surface area contributed by atoms with Crippen molar-refractivity contribution in [3.8, 4) is 0 Å². The van der Waals surface area contributed by atoms with Gasteiger partial charge in [0.1, 0.15) is 18.1 Å². The molecule has 0 fully saturated rings. The smallest absolute Gasteiger partial charge is 0.273 e. The third-order valence-corrected chi connectivity index (χ3v) is 4.35. The van der Waals surface area contributed by atoms with Gasteiger partial charge in [-0.15, -0.1) is 0 Å². The standard InChI is InChI=1S/C20H23ClN4O2/c1-20(2,3)12-22-17(26)11-25-10-13-4-9-16(24-18(13)19(25)27)23-15-7-5-14(21)6-8-15/h4-9H,10-12H2,1-3H3,(H,22,26)(H,23,24). The van der Waals surface area contributed by atoms with E-state index in [-0.39, 0.29) is 23.8 Å². The van der Waals surface area contributed by atoms with Gasteiger partial charge >= 0.3 is 0 Å². The summed E-state index contributed by atoms with van der Waals surface area (Å²) in [4.78, 5) is 30.7. The van der Waals surface area contributed by atoms with Crippen LogP contribution < -0.4 is 10.6 Å². The van der Waals surface area contributed by atoms with Gasteiger partial charge in [-0.05, 0) is 35.7 Å². The Morgan fingerprint density at radius 3 is 2.56 bits per heavy atom. The number of benzene rings is 1. The average molecular weight is 387 g/mol. The monoisotopic (exact) mass is 386 g/mol. The Balaban J connectivity index is 1.65. The molecule has 1 aliphatic heterocycles. The molecule has 2 amide bonds. The SMILES string of the molecule is CC(C)(C)CNC(=O)CN1Cc2ccc(Nc3ccc(Cl)cc3)nc2C1=O. The Hall–Kier alpha value is -2.60. The van der Waals surface area contributed by atoms with E-state index in [2.05, 4.69) is 15.6 Å². The van der Waals surface area contributed by atoms with Crippen LogP contribution in [0.25, 0.3) is 0 Å². The fraction of sp³-hybridized carbons (Fsp3) is 0.350. The summed E-state index contributed by atoms with van der Waals surface area (Å²) < 4.78 is 0. The second kappa shape index (κ2) is 7.56. The molecule has 6 nitrogen and oxygen atoms in total. The molecule has 1 aromatic heterocycles. The molecular formula is C20H23ClN4O2. The number of hydrogen-bond acceptors (Lipinski definition) is 4. The number of nitrogens with one attached hydrogen (secondary N) is 2. The van der Waals surface area contributed by atoms with Gasteiger partial charge in [0.05, 0.1) is 0 Å². The second-order valence-electron chi connectivity index (χ2n) is 7.83. The molecule has 27 heavy (non-hydrogen) atoms. The lowest BCUT2D eigenvalue weighted by Gasteiger charge is -2.20. The number of hydrogen-bond donors (Lipinski definition) is 2. The van der Waals surface area contributed by atoms with Gasteiger partial charge in [-0.1, -0.05) is 38.4 Å². The summed E-state index contributed by atoms with van der Waals surface area (Å²) in [7, 11) is 0. The molecule has 1 aliphatic rings. The number of fused-ring (bicyclic) bond motifs is 1. The van der Waals surface area contributed by atoms with Crippen LogP contribution >= 0.6 is 11.6 Å². The van der Waals surface area contributed by atoms with Crippen LogP contribution in [-0.4, -0.2) is 34.8 Å². The lowest BCUT2D eigenvalue weighted by molar-refractivity contribution is -0.122. The molecule has 0 aliphatic carbocycles. The first-order valence-corrected chi connectivity index (χ1v) is 9.17. The Morgan fingerprint density at radius 2 is 1.89 bits per heavy atom. The Morgan fingerprint density at radius 1 is 1.19 bits per heavy atom. The molecule has 0 saturated carbocycles. The number of carbonyl (C=O) groups is 2. The van der Waals surface area contributed by atoms with Gasteiger partial charge in [0.25, 0.3) is 5.91 Å². The number of halogens is 1. The van der Waals surface area contributed by atoms with Crippen molar-refractivity contribution >= 4 is 34.9 Å². The number of rotatable bonds is 5. The highest BCUT2D eigenvalue weighted by Crippen LogP contribution is 2.24. The Labute approximate surface area is 163 Å². The van der Waals surface area contributed by atoms with E-state index >= 15 is 0 Å². The van der Waals surface area contributed by atoms with Gasteiger partial charge in [-0.25, -0.2) is 4.98 Å². The van der Waals surface area contributed by atoms with Crippen LogP contribution in [0.2, 0.25) is 5.02 Å². The summed E-state index contributed by atoms with van der Waals surface area (Å²) in [6.45, 7) is 7.13. The van der Waals surface area contributed by atoms with Gasteiger partial charge in [0, 0.05) is 29.4 Å². The van der Waals surface area contributed by atoms with Crippen LogP contribution in [0.15, 0.2) is 36.4 Å². The van der Waals surface area contributed by atoms with Crippen molar-refractivity contribution in [3.63, 3.8) is 0 Å². The van der Waals surface area contributed by atoms with Gasteiger partial charge in [0.15, 0.2) is 0 Å². The summed E-state index contributed by atoms with van der Waals surface area (Å²) in [6.07, 6.45) is 0. The average Bonchev–Trinajstić information content (AvgIpc) is 2.90. The number of carbonyl (C=O) groups excluding carboxylic acids is 2. The molecule has 0 spiro atoms. The molecule has 0 saturated heterocycles. The maximum atomic E-state index is 12.6. The Kier molecular flexibility index (Phi) is 5.37. The number of amides is 2. The molecule has 2 aromatic rings. The van der Waals surface area contributed by atoms with Crippen LogP contribution in [-0.2, 0) is 11.3 Å². The van der Waals surface area contributed by atoms with E-state index in [1.807, 2.05) is 45.0 Å². The minimum absolute atomic E-state index is 0.00255. The topological polar surface area (TPSA) is 74.3 Å². The zero-order valence-corrected chi connectivity index (χ0v) is 16.4. The summed E-state index contributed by atoms with van der Waals surface area (Å²) >= 11 is 5.89. The lowest BCUT2D eigenvalue weighted by Crippen LogP contribution is -2.40. The third kappa shape index (κ3) is 4.98. The van der Waals surface area contributed by atoms with Crippen molar-refractivity contribution in [2.75, 3.05) is 18.4 Å². The fourth-order valence-corrected chi connectivity index (χ4v) is 2.83. The van der Waals surface area contributed by atoms with E-state index in [0.717, 1.165) is 11.3 Å².